The summed E-state index contributed by atoms with van der Waals surface area (Å²) in [5, 5.41) is 6.82. The summed E-state index contributed by atoms with van der Waals surface area (Å²) in [6.07, 6.45) is 1.82. The molecule has 6 heteroatoms. The lowest BCUT2D eigenvalue weighted by Crippen LogP contribution is -2.33. The number of hydrogen-bond donors (Lipinski definition) is 2. The third kappa shape index (κ3) is 8.44. The van der Waals surface area contributed by atoms with Crippen LogP contribution in [0.4, 0.5) is 0 Å². The van der Waals surface area contributed by atoms with Gasteiger partial charge in [-0.25, -0.2) is 0 Å². The van der Waals surface area contributed by atoms with Gasteiger partial charge in [0.05, 0.1) is 6.10 Å². The highest BCUT2D eigenvalue weighted by atomic mass is 35.5. The summed E-state index contributed by atoms with van der Waals surface area (Å²) in [5.74, 6) is 0.540. The van der Waals surface area contributed by atoms with E-state index in [1.165, 1.54) is 5.56 Å². The zero-order valence-corrected chi connectivity index (χ0v) is 18.2. The summed E-state index contributed by atoms with van der Waals surface area (Å²) in [4.78, 5) is 11.2. The highest BCUT2D eigenvalue weighted by Crippen LogP contribution is 2.21. The molecule has 0 saturated heterocycles. The molecule has 29 heavy (non-hydrogen) atoms. The van der Waals surface area contributed by atoms with E-state index in [0.29, 0.717) is 12.4 Å². The SMILES string of the molecule is CCCOC(CNC(C)Cc1ccc(OCC(=O)NC)cc1)c1cccc(Cl)c1. The Bertz CT molecular complexity index is 752. The van der Waals surface area contributed by atoms with Crippen LogP contribution < -0.4 is 15.4 Å². The first-order chi connectivity index (χ1) is 14.0. The number of carbonyl (C=O) groups excluding carboxylic acids is 1. The van der Waals surface area contributed by atoms with Crippen LogP contribution in [0.25, 0.3) is 0 Å². The Balaban J connectivity index is 1.86. The van der Waals surface area contributed by atoms with Crippen LogP contribution in [0.5, 0.6) is 5.75 Å². The van der Waals surface area contributed by atoms with Crippen molar-refractivity contribution in [2.24, 2.45) is 0 Å². The number of amides is 1. The molecule has 2 aromatic carbocycles. The second-order valence-electron chi connectivity index (χ2n) is 7.03. The maximum atomic E-state index is 11.2. The van der Waals surface area contributed by atoms with Crippen LogP contribution in [0.2, 0.25) is 5.02 Å². The van der Waals surface area contributed by atoms with E-state index in [4.69, 9.17) is 21.1 Å². The summed E-state index contributed by atoms with van der Waals surface area (Å²) in [6.45, 7) is 5.72. The molecule has 2 atom stereocenters. The van der Waals surface area contributed by atoms with E-state index in [2.05, 4.69) is 30.5 Å². The Kier molecular flexibility index (Phi) is 9.98. The van der Waals surface area contributed by atoms with Crippen molar-refractivity contribution in [1.29, 1.82) is 0 Å². The molecule has 2 rings (SSSR count). The second kappa shape index (κ2) is 12.5. The molecular weight excluding hydrogens is 388 g/mol. The Labute approximate surface area is 178 Å². The lowest BCUT2D eigenvalue weighted by atomic mass is 10.1. The van der Waals surface area contributed by atoms with E-state index in [9.17, 15) is 4.79 Å². The van der Waals surface area contributed by atoms with Gasteiger partial charge in [0, 0.05) is 31.3 Å². The van der Waals surface area contributed by atoms with E-state index in [-0.39, 0.29) is 24.7 Å². The van der Waals surface area contributed by atoms with Gasteiger partial charge in [-0.15, -0.1) is 0 Å². The molecule has 0 fully saturated rings. The van der Waals surface area contributed by atoms with Crippen molar-refractivity contribution in [2.75, 3.05) is 26.8 Å². The van der Waals surface area contributed by atoms with Crippen LogP contribution in [0.1, 0.15) is 37.5 Å². The van der Waals surface area contributed by atoms with Gasteiger partial charge in [-0.1, -0.05) is 42.8 Å². The normalized spacial score (nSPS) is 13.0. The Morgan fingerprint density at radius 2 is 1.93 bits per heavy atom. The minimum absolute atomic E-state index is 0.0243. The number of carbonyl (C=O) groups is 1. The Morgan fingerprint density at radius 3 is 2.59 bits per heavy atom. The summed E-state index contributed by atoms with van der Waals surface area (Å²) < 4.78 is 11.5. The summed E-state index contributed by atoms with van der Waals surface area (Å²) in [7, 11) is 1.59. The van der Waals surface area contributed by atoms with Crippen molar-refractivity contribution in [2.45, 2.75) is 38.8 Å². The van der Waals surface area contributed by atoms with Gasteiger partial charge in [0.2, 0.25) is 0 Å². The molecule has 1 amide bonds. The zero-order valence-electron chi connectivity index (χ0n) is 17.4. The lowest BCUT2D eigenvalue weighted by Gasteiger charge is -2.22. The number of nitrogens with one attached hydrogen (secondary N) is 2. The Hall–Kier alpha value is -2.08. The summed E-state index contributed by atoms with van der Waals surface area (Å²) >= 11 is 6.15. The minimum atomic E-state index is -0.147. The predicted octanol–water partition coefficient (Wildman–Crippen LogP) is 4.15. The van der Waals surface area contributed by atoms with E-state index in [1.807, 2.05) is 42.5 Å². The number of benzene rings is 2. The van der Waals surface area contributed by atoms with Gasteiger partial charge in [0.15, 0.2) is 6.61 Å². The molecule has 0 heterocycles. The first kappa shape index (κ1) is 23.2. The second-order valence-corrected chi connectivity index (χ2v) is 7.47. The Morgan fingerprint density at radius 1 is 1.17 bits per heavy atom. The number of likely N-dealkylation sites (N-methyl/N-ethyl adjacent to an activating group) is 1. The van der Waals surface area contributed by atoms with E-state index >= 15 is 0 Å². The van der Waals surface area contributed by atoms with Gasteiger partial charge in [0.1, 0.15) is 5.75 Å². The average Bonchev–Trinajstić information content (AvgIpc) is 2.73. The van der Waals surface area contributed by atoms with E-state index in [0.717, 1.165) is 30.0 Å². The van der Waals surface area contributed by atoms with Gasteiger partial charge in [-0.3, -0.25) is 4.79 Å². The van der Waals surface area contributed by atoms with Crippen molar-refractivity contribution in [3.8, 4) is 5.75 Å². The summed E-state index contributed by atoms with van der Waals surface area (Å²) in [6, 6.07) is 16.0. The van der Waals surface area contributed by atoms with Crippen molar-refractivity contribution in [3.63, 3.8) is 0 Å². The minimum Gasteiger partial charge on any atom is -0.484 e. The molecule has 0 saturated carbocycles. The number of rotatable bonds is 12. The number of hydrogen-bond acceptors (Lipinski definition) is 4. The molecular formula is C23H31ClN2O3. The molecule has 0 radical (unpaired) electrons. The van der Waals surface area contributed by atoms with Gasteiger partial charge in [-0.05, 0) is 55.2 Å². The molecule has 0 bridgehead atoms. The average molecular weight is 419 g/mol. The number of halogens is 1. The van der Waals surface area contributed by atoms with Gasteiger partial charge >= 0.3 is 0 Å². The topological polar surface area (TPSA) is 59.6 Å². The first-order valence-corrected chi connectivity index (χ1v) is 10.4. The standard InChI is InChI=1S/C23H31ClN2O3/c1-4-12-28-22(19-6-5-7-20(24)14-19)15-26-17(2)13-18-8-10-21(11-9-18)29-16-23(27)25-3/h5-11,14,17,22,26H,4,12-13,15-16H2,1-3H3,(H,25,27). The molecule has 5 nitrogen and oxygen atoms in total. The van der Waals surface area contributed by atoms with Crippen LogP contribution in [-0.2, 0) is 16.0 Å². The molecule has 158 valence electrons. The van der Waals surface area contributed by atoms with Gasteiger partial charge in [0.25, 0.3) is 5.91 Å². The molecule has 2 aromatic rings. The highest BCUT2D eigenvalue weighted by molar-refractivity contribution is 6.30. The number of ether oxygens (including phenoxy) is 2. The highest BCUT2D eigenvalue weighted by Gasteiger charge is 2.14. The smallest absolute Gasteiger partial charge is 0.257 e. The van der Waals surface area contributed by atoms with Crippen LogP contribution >= 0.6 is 11.6 Å². The largest absolute Gasteiger partial charge is 0.484 e. The van der Waals surface area contributed by atoms with Crippen LogP contribution in [-0.4, -0.2) is 38.8 Å². The van der Waals surface area contributed by atoms with Crippen molar-refractivity contribution in [3.05, 3.63) is 64.7 Å². The van der Waals surface area contributed by atoms with Crippen molar-refractivity contribution < 1.29 is 14.3 Å². The fourth-order valence-corrected chi connectivity index (χ4v) is 3.12. The zero-order chi connectivity index (χ0) is 21.1. The molecule has 2 N–H and O–H groups in total. The monoisotopic (exact) mass is 418 g/mol. The third-order valence-corrected chi connectivity index (χ3v) is 4.74. The molecule has 0 spiro atoms. The van der Waals surface area contributed by atoms with E-state index < -0.39 is 0 Å². The van der Waals surface area contributed by atoms with E-state index in [1.54, 1.807) is 7.05 Å². The third-order valence-electron chi connectivity index (χ3n) is 4.51. The lowest BCUT2D eigenvalue weighted by molar-refractivity contribution is -0.122. The molecule has 0 aliphatic rings. The maximum Gasteiger partial charge on any atom is 0.257 e. The predicted molar refractivity (Wildman–Crippen MR) is 118 cm³/mol. The van der Waals surface area contributed by atoms with Crippen LogP contribution in [0, 0.1) is 0 Å². The van der Waals surface area contributed by atoms with Crippen LogP contribution in [0.15, 0.2) is 48.5 Å². The fourth-order valence-electron chi connectivity index (χ4n) is 2.92. The van der Waals surface area contributed by atoms with Gasteiger partial charge in [-0.2, -0.15) is 0 Å². The van der Waals surface area contributed by atoms with Crippen LogP contribution in [0.3, 0.4) is 0 Å². The molecule has 2 unspecified atom stereocenters. The molecule has 0 aliphatic carbocycles. The quantitative estimate of drug-likeness (QED) is 0.543. The van der Waals surface area contributed by atoms with Crippen molar-refractivity contribution >= 4 is 17.5 Å². The fraction of sp³-hybridized carbons (Fsp3) is 0.435. The summed E-state index contributed by atoms with van der Waals surface area (Å²) in [5.41, 5.74) is 2.29. The van der Waals surface area contributed by atoms with Gasteiger partial charge < -0.3 is 20.1 Å². The molecule has 0 aliphatic heterocycles. The molecule has 0 aromatic heterocycles. The maximum absolute atomic E-state index is 11.2. The van der Waals surface area contributed by atoms with Crippen molar-refractivity contribution in [1.82, 2.24) is 10.6 Å². The first-order valence-electron chi connectivity index (χ1n) is 10.0.